The Morgan fingerprint density at radius 3 is 2.61 bits per heavy atom. The number of methoxy groups -OCH3 is 1. The first-order valence-electron chi connectivity index (χ1n) is 5.68. The summed E-state index contributed by atoms with van der Waals surface area (Å²) in [5.74, 6) is 0.554. The predicted octanol–water partition coefficient (Wildman–Crippen LogP) is -0.140. The third-order valence-electron chi connectivity index (χ3n) is 2.00. The van der Waals surface area contributed by atoms with Crippen molar-refractivity contribution in [2.75, 3.05) is 37.9 Å². The number of hydrogen-bond acceptors (Lipinski definition) is 7. The molecule has 0 atom stereocenters. The first-order valence-corrected chi connectivity index (χ1v) is 5.68. The number of carbonyl (C=O) groups is 1. The molecule has 18 heavy (non-hydrogen) atoms. The van der Waals surface area contributed by atoms with Crippen LogP contribution in [0, 0.1) is 0 Å². The van der Waals surface area contributed by atoms with Crippen molar-refractivity contribution in [2.45, 2.75) is 13.3 Å². The molecule has 1 aromatic rings. The quantitative estimate of drug-likeness (QED) is 0.622. The fourth-order valence-corrected chi connectivity index (χ4v) is 1.12. The lowest BCUT2D eigenvalue weighted by atomic mass is 10.4. The van der Waals surface area contributed by atoms with Crippen molar-refractivity contribution >= 4 is 17.8 Å². The number of rotatable bonds is 7. The van der Waals surface area contributed by atoms with Gasteiger partial charge in [-0.15, -0.1) is 0 Å². The summed E-state index contributed by atoms with van der Waals surface area (Å²) in [7, 11) is 3.15. The standard InChI is InChI=1S/C10H18N6O2/c1-4-5-12-7(17)6-13-9-14-8(11-2)15-10(16-9)18-3/h4-6H2,1-3H3,(H,12,17)(H2,11,13,14,15,16). The molecule has 1 aromatic heterocycles. The van der Waals surface area contributed by atoms with E-state index in [0.717, 1.165) is 6.42 Å². The molecule has 0 aliphatic rings. The van der Waals surface area contributed by atoms with Crippen LogP contribution < -0.4 is 20.7 Å². The molecule has 0 aliphatic heterocycles. The number of amides is 1. The van der Waals surface area contributed by atoms with Crippen LogP contribution in [-0.4, -0.2) is 48.1 Å². The number of hydrogen-bond donors (Lipinski definition) is 3. The van der Waals surface area contributed by atoms with Crippen molar-refractivity contribution in [3.8, 4) is 6.01 Å². The normalized spacial score (nSPS) is 9.72. The number of ether oxygens (including phenoxy) is 1. The molecule has 8 heteroatoms. The minimum Gasteiger partial charge on any atom is -0.467 e. The molecular weight excluding hydrogens is 236 g/mol. The Labute approximate surface area is 106 Å². The molecule has 0 aromatic carbocycles. The second-order valence-electron chi connectivity index (χ2n) is 3.42. The van der Waals surface area contributed by atoms with Crippen LogP contribution in [0.15, 0.2) is 0 Å². The van der Waals surface area contributed by atoms with Crippen molar-refractivity contribution in [2.24, 2.45) is 0 Å². The third kappa shape index (κ3) is 4.40. The molecule has 0 radical (unpaired) electrons. The van der Waals surface area contributed by atoms with Crippen LogP contribution in [0.3, 0.4) is 0 Å². The lowest BCUT2D eigenvalue weighted by Crippen LogP contribution is -2.30. The van der Waals surface area contributed by atoms with E-state index in [1.807, 2.05) is 6.92 Å². The van der Waals surface area contributed by atoms with Crippen LogP contribution in [0.4, 0.5) is 11.9 Å². The van der Waals surface area contributed by atoms with Crippen LogP contribution in [0.25, 0.3) is 0 Å². The van der Waals surface area contributed by atoms with Gasteiger partial charge >= 0.3 is 6.01 Å². The van der Waals surface area contributed by atoms with Gasteiger partial charge in [-0.05, 0) is 6.42 Å². The number of nitrogens with one attached hydrogen (secondary N) is 3. The first-order chi connectivity index (χ1) is 8.69. The van der Waals surface area contributed by atoms with Crippen LogP contribution in [-0.2, 0) is 4.79 Å². The smallest absolute Gasteiger partial charge is 0.322 e. The largest absolute Gasteiger partial charge is 0.467 e. The maximum Gasteiger partial charge on any atom is 0.322 e. The van der Waals surface area contributed by atoms with E-state index in [1.54, 1.807) is 7.05 Å². The SMILES string of the molecule is CCCNC(=O)CNc1nc(NC)nc(OC)n1. The van der Waals surface area contributed by atoms with E-state index in [4.69, 9.17) is 4.74 Å². The molecule has 100 valence electrons. The molecular formula is C10H18N6O2. The zero-order chi connectivity index (χ0) is 13.4. The topological polar surface area (TPSA) is 101 Å². The highest BCUT2D eigenvalue weighted by atomic mass is 16.5. The molecule has 0 saturated carbocycles. The summed E-state index contributed by atoms with van der Waals surface area (Å²) in [5.41, 5.74) is 0. The fraction of sp³-hybridized carbons (Fsp3) is 0.600. The number of anilines is 2. The average Bonchev–Trinajstić information content (AvgIpc) is 2.42. The Morgan fingerprint density at radius 1 is 1.28 bits per heavy atom. The van der Waals surface area contributed by atoms with Crippen LogP contribution in [0.5, 0.6) is 6.01 Å². The minimum absolute atomic E-state index is 0.107. The van der Waals surface area contributed by atoms with E-state index in [0.29, 0.717) is 12.5 Å². The van der Waals surface area contributed by atoms with E-state index >= 15 is 0 Å². The Kier molecular flexibility index (Phi) is 5.62. The summed E-state index contributed by atoms with van der Waals surface area (Å²) >= 11 is 0. The lowest BCUT2D eigenvalue weighted by molar-refractivity contribution is -0.119. The van der Waals surface area contributed by atoms with Gasteiger partial charge < -0.3 is 20.7 Å². The number of carbonyl (C=O) groups excluding carboxylic acids is 1. The Bertz CT molecular complexity index is 376. The molecule has 0 fully saturated rings. The van der Waals surface area contributed by atoms with Gasteiger partial charge in [0.2, 0.25) is 17.8 Å². The molecule has 1 heterocycles. The maximum absolute atomic E-state index is 11.4. The Morgan fingerprint density at radius 2 is 2.00 bits per heavy atom. The van der Waals surface area contributed by atoms with Crippen molar-refractivity contribution in [3.63, 3.8) is 0 Å². The summed E-state index contributed by atoms with van der Waals surface area (Å²) in [6.45, 7) is 2.75. The zero-order valence-electron chi connectivity index (χ0n) is 10.8. The number of aromatic nitrogens is 3. The summed E-state index contributed by atoms with van der Waals surface area (Å²) in [4.78, 5) is 23.4. The Balaban J connectivity index is 2.58. The van der Waals surface area contributed by atoms with E-state index < -0.39 is 0 Å². The molecule has 1 amide bonds. The average molecular weight is 254 g/mol. The second kappa shape index (κ2) is 7.25. The first kappa shape index (κ1) is 13.9. The lowest BCUT2D eigenvalue weighted by Gasteiger charge is -2.07. The predicted molar refractivity (Wildman–Crippen MR) is 67.7 cm³/mol. The van der Waals surface area contributed by atoms with Crippen molar-refractivity contribution in [1.29, 1.82) is 0 Å². The summed E-state index contributed by atoms with van der Waals surface area (Å²) in [6.07, 6.45) is 0.898. The highest BCUT2D eigenvalue weighted by molar-refractivity contribution is 5.80. The van der Waals surface area contributed by atoms with E-state index in [1.165, 1.54) is 7.11 Å². The maximum atomic E-state index is 11.4. The second-order valence-corrected chi connectivity index (χ2v) is 3.42. The molecule has 0 aliphatic carbocycles. The Hall–Kier alpha value is -2.12. The monoisotopic (exact) mass is 254 g/mol. The van der Waals surface area contributed by atoms with Crippen molar-refractivity contribution in [1.82, 2.24) is 20.3 Å². The van der Waals surface area contributed by atoms with Gasteiger partial charge in [-0.3, -0.25) is 4.79 Å². The molecule has 3 N–H and O–H groups in total. The van der Waals surface area contributed by atoms with Gasteiger partial charge in [0.15, 0.2) is 0 Å². The van der Waals surface area contributed by atoms with Crippen LogP contribution in [0.2, 0.25) is 0 Å². The molecule has 8 nitrogen and oxygen atoms in total. The van der Waals surface area contributed by atoms with Crippen LogP contribution in [0.1, 0.15) is 13.3 Å². The van der Waals surface area contributed by atoms with Gasteiger partial charge in [0.05, 0.1) is 13.7 Å². The van der Waals surface area contributed by atoms with Gasteiger partial charge in [0.1, 0.15) is 0 Å². The highest BCUT2D eigenvalue weighted by Gasteiger charge is 2.07. The molecule has 0 spiro atoms. The van der Waals surface area contributed by atoms with E-state index in [-0.39, 0.29) is 24.4 Å². The van der Waals surface area contributed by atoms with Crippen molar-refractivity contribution in [3.05, 3.63) is 0 Å². The minimum atomic E-state index is -0.109. The number of nitrogens with zero attached hydrogens (tertiary/aromatic N) is 3. The molecule has 0 bridgehead atoms. The van der Waals surface area contributed by atoms with E-state index in [9.17, 15) is 4.79 Å². The van der Waals surface area contributed by atoms with Crippen LogP contribution >= 0.6 is 0 Å². The summed E-state index contributed by atoms with van der Waals surface area (Å²) in [5, 5.41) is 8.33. The van der Waals surface area contributed by atoms with Gasteiger partial charge in [0, 0.05) is 13.6 Å². The summed E-state index contributed by atoms with van der Waals surface area (Å²) in [6, 6.07) is 0.186. The molecule has 0 unspecified atom stereocenters. The van der Waals surface area contributed by atoms with Gasteiger partial charge in [-0.2, -0.15) is 15.0 Å². The fourth-order valence-electron chi connectivity index (χ4n) is 1.12. The van der Waals surface area contributed by atoms with Gasteiger partial charge in [-0.1, -0.05) is 6.92 Å². The molecule has 1 rings (SSSR count). The highest BCUT2D eigenvalue weighted by Crippen LogP contribution is 2.09. The summed E-state index contributed by atoms with van der Waals surface area (Å²) < 4.78 is 4.93. The zero-order valence-corrected chi connectivity index (χ0v) is 10.8. The van der Waals surface area contributed by atoms with E-state index in [2.05, 4.69) is 30.9 Å². The third-order valence-corrected chi connectivity index (χ3v) is 2.00. The van der Waals surface area contributed by atoms with Gasteiger partial charge in [-0.25, -0.2) is 0 Å². The van der Waals surface area contributed by atoms with Gasteiger partial charge in [0.25, 0.3) is 0 Å². The van der Waals surface area contributed by atoms with Crippen molar-refractivity contribution < 1.29 is 9.53 Å². The molecule has 0 saturated heterocycles.